The van der Waals surface area contributed by atoms with Crippen molar-refractivity contribution in [2.75, 3.05) is 155 Å². The van der Waals surface area contributed by atoms with E-state index in [0.717, 1.165) is 37.3 Å². The molecule has 0 radical (unpaired) electrons. The number of hydrogen-bond donors (Lipinski definition) is 10. The van der Waals surface area contributed by atoms with Gasteiger partial charge in [-0.1, -0.05) is 65.7 Å². The molecule has 6 rings (SSSR count). The van der Waals surface area contributed by atoms with Crippen LogP contribution in [-0.4, -0.2) is 211 Å². The molecule has 2 heterocycles. The lowest BCUT2D eigenvalue weighted by Gasteiger charge is -2.34. The largest absolute Gasteiger partial charge is 0.382 e. The number of quaternary nitrogens is 4. The van der Waals surface area contributed by atoms with Crippen LogP contribution in [0.15, 0.2) is 107 Å². The number of likely N-dealkylation sites (N-methyl/N-ethyl adjacent to an activating group) is 4. The van der Waals surface area contributed by atoms with Crippen molar-refractivity contribution in [2.24, 2.45) is 0 Å². The summed E-state index contributed by atoms with van der Waals surface area (Å²) in [6.45, 7) is 5.16. The van der Waals surface area contributed by atoms with Crippen molar-refractivity contribution in [1.82, 2.24) is 29.9 Å². The molecule has 0 spiro atoms. The van der Waals surface area contributed by atoms with Gasteiger partial charge in [-0.2, -0.15) is 38.3 Å². The second-order valence-corrected chi connectivity index (χ2v) is 25.0. The maximum atomic E-state index is 13.0. The highest BCUT2D eigenvalue weighted by Gasteiger charge is 2.27. The molecule has 432 valence electrons. The minimum absolute atomic E-state index is 0.0954. The topological polar surface area (TPSA) is 283 Å². The molecule has 0 amide bonds. The maximum absolute atomic E-state index is 13.0. The van der Waals surface area contributed by atoms with Crippen molar-refractivity contribution in [3.63, 3.8) is 0 Å². The summed E-state index contributed by atoms with van der Waals surface area (Å²) < 4.78 is 44.0. The van der Waals surface area contributed by atoms with Gasteiger partial charge in [-0.25, -0.2) is 5.26 Å². The van der Waals surface area contributed by atoms with Crippen molar-refractivity contribution in [2.45, 2.75) is 34.8 Å². The number of aliphatic hydroxyl groups is 2. The van der Waals surface area contributed by atoms with Gasteiger partial charge in [-0.05, 0) is 59.7 Å². The van der Waals surface area contributed by atoms with E-state index in [4.69, 9.17) is 9.59 Å². The zero-order valence-electron chi connectivity index (χ0n) is 47.3. The fourth-order valence-corrected chi connectivity index (χ4v) is 10.1. The molecule has 0 aliphatic heterocycles. The molecule has 0 bridgehead atoms. The Morgan fingerprint density at radius 2 is 0.912 bits per heavy atom. The van der Waals surface area contributed by atoms with Gasteiger partial charge < -0.3 is 60.0 Å². The van der Waals surface area contributed by atoms with Gasteiger partial charge in [-0.3, -0.25) is 4.55 Å². The molecule has 4 aromatic carbocycles. The Balaban J connectivity index is 1.19. The lowest BCUT2D eigenvalue weighted by atomic mass is 10.1. The first-order valence-corrected chi connectivity index (χ1v) is 28.2. The Hall–Kier alpha value is -6.66. The SMILES string of the molecule is C[N+](C)(C)CC(O)C[N+](C)(C)CCCNc1nc(Nc2ccccc2)nc(Nc2ccc(C=Cc3ccc(Nc4nc(NCCC[N+](C)(C)CC(O)C[N+](C)(C)C)nc(Nc5ccccc5)n4)cc3S(=O)(=O)O)c(SOOO)c2)n1. The highest BCUT2D eigenvalue weighted by Crippen LogP contribution is 2.32. The zero-order chi connectivity index (χ0) is 58.1. The minimum Gasteiger partial charge on any atom is -0.382 e. The predicted octanol–water partition coefficient (Wildman–Crippen LogP) is 6.77. The fourth-order valence-electron chi connectivity index (χ4n) is 8.84. The summed E-state index contributed by atoms with van der Waals surface area (Å²) >= 11 is 0.686. The third-order valence-electron chi connectivity index (χ3n) is 12.1. The molecular weight excluding hydrogens is 1060 g/mol. The zero-order valence-corrected chi connectivity index (χ0v) is 49.0. The van der Waals surface area contributed by atoms with Crippen molar-refractivity contribution < 1.29 is 55.7 Å². The summed E-state index contributed by atoms with van der Waals surface area (Å²) in [5.74, 6) is 1.39. The van der Waals surface area contributed by atoms with Crippen LogP contribution in [-0.2, 0) is 19.5 Å². The Labute approximate surface area is 474 Å². The molecule has 6 aromatic rings. The van der Waals surface area contributed by atoms with E-state index in [1.165, 1.54) is 18.2 Å². The standard InChI is InChI=1S/C54H78N16O8S2/c1-67(2,3)35-45(71)37-69(7,8)31-17-29-55-49-61-51(57-41-19-13-11-14-20-41)65-53(63-49)59-43-27-25-39(47(33-43)79-78-77-73)23-24-40-26-28-44(34-48(40)80(74,75)76)60-54-64-50(62-52(66-54)58-42-21-15-12-16-22-42)56-30-18-32-70(9,10)38-46(72)36-68(4,5)6/h11-16,19-28,33-34,45-46,71-72H,17-18,29-32,35-38H2,1-10H3,(H6-2,55,56,57,58,59,60,61,62,63,64,65,66,73,74,75,76)/q+2/p+2. The third-order valence-corrected chi connectivity index (χ3v) is 13.7. The van der Waals surface area contributed by atoms with Gasteiger partial charge in [0.1, 0.15) is 31.1 Å². The first-order chi connectivity index (χ1) is 37.7. The van der Waals surface area contributed by atoms with E-state index in [2.05, 4.69) is 137 Å². The van der Waals surface area contributed by atoms with Gasteiger partial charge in [0.15, 0.2) is 12.2 Å². The highest BCUT2D eigenvalue weighted by molar-refractivity contribution is 7.94. The Kier molecular flexibility index (Phi) is 22.0. The van der Waals surface area contributed by atoms with Gasteiger partial charge >= 0.3 is 0 Å². The van der Waals surface area contributed by atoms with Crippen LogP contribution in [0.4, 0.5) is 58.4 Å². The van der Waals surface area contributed by atoms with Gasteiger partial charge in [0, 0.05) is 53.6 Å². The maximum Gasteiger partial charge on any atom is 0.295 e. The van der Waals surface area contributed by atoms with E-state index >= 15 is 0 Å². The van der Waals surface area contributed by atoms with Crippen LogP contribution in [0.2, 0.25) is 0 Å². The van der Waals surface area contributed by atoms with Crippen LogP contribution in [0.1, 0.15) is 24.0 Å². The monoisotopic (exact) mass is 1140 g/mol. The predicted molar refractivity (Wildman–Crippen MR) is 316 cm³/mol. The highest BCUT2D eigenvalue weighted by atomic mass is 32.2. The molecule has 24 nitrogen and oxygen atoms in total. The number of anilines is 10. The van der Waals surface area contributed by atoms with Crippen molar-refractivity contribution in [3.8, 4) is 0 Å². The molecule has 0 aliphatic rings. The quantitative estimate of drug-likeness (QED) is 0.00397. The first kappa shape index (κ1) is 62.5. The molecule has 0 saturated carbocycles. The van der Waals surface area contributed by atoms with Crippen LogP contribution >= 0.6 is 12.0 Å². The number of para-hydroxylation sites is 2. The van der Waals surface area contributed by atoms with Crippen molar-refractivity contribution >= 4 is 92.8 Å². The van der Waals surface area contributed by atoms with Crippen LogP contribution in [0.25, 0.3) is 12.2 Å². The second kappa shape index (κ2) is 28.2. The molecule has 2 unspecified atom stereocenters. The molecule has 2 atom stereocenters. The molecule has 0 saturated heterocycles. The Morgan fingerprint density at radius 1 is 0.525 bits per heavy atom. The summed E-state index contributed by atoms with van der Waals surface area (Å²) in [5.41, 5.74) is 2.93. The molecule has 0 aliphatic carbocycles. The van der Waals surface area contributed by atoms with Crippen LogP contribution in [0, 0.1) is 0 Å². The molecular formula is C54H80N16O8S2+4. The second-order valence-electron chi connectivity index (χ2n) is 22.9. The van der Waals surface area contributed by atoms with E-state index < -0.39 is 27.2 Å². The van der Waals surface area contributed by atoms with Gasteiger partial charge in [0.2, 0.25) is 35.7 Å². The van der Waals surface area contributed by atoms with Gasteiger partial charge in [-0.15, -0.1) is 4.33 Å². The van der Waals surface area contributed by atoms with Crippen LogP contribution < -0.4 is 31.9 Å². The van der Waals surface area contributed by atoms with E-state index in [0.29, 0.717) is 91.3 Å². The minimum atomic E-state index is -4.79. The number of nitrogens with zero attached hydrogens (tertiary/aromatic N) is 10. The van der Waals surface area contributed by atoms with E-state index in [1.54, 1.807) is 30.3 Å². The van der Waals surface area contributed by atoms with Crippen molar-refractivity contribution in [1.29, 1.82) is 0 Å². The normalized spacial score (nSPS) is 13.2. The van der Waals surface area contributed by atoms with E-state index in [1.807, 2.05) is 60.7 Å². The van der Waals surface area contributed by atoms with Crippen LogP contribution in [0.5, 0.6) is 0 Å². The Bertz CT molecular complexity index is 3080. The van der Waals surface area contributed by atoms with E-state index in [-0.39, 0.29) is 41.0 Å². The van der Waals surface area contributed by atoms with E-state index in [9.17, 15) is 23.2 Å². The summed E-state index contributed by atoms with van der Waals surface area (Å²) in [6, 6.07) is 28.4. The summed E-state index contributed by atoms with van der Waals surface area (Å²) in [5, 5.41) is 53.9. The van der Waals surface area contributed by atoms with Gasteiger partial charge in [0.05, 0.1) is 95.6 Å². The third kappa shape index (κ3) is 22.1. The number of benzene rings is 4. The lowest BCUT2D eigenvalue weighted by Crippen LogP contribution is -2.51. The smallest absolute Gasteiger partial charge is 0.295 e. The number of aromatic nitrogens is 6. The molecule has 0 fully saturated rings. The number of nitrogens with one attached hydrogen (secondary N) is 6. The number of aliphatic hydroxyl groups excluding tert-OH is 2. The summed E-state index contributed by atoms with van der Waals surface area (Å²) in [7, 11) is 15.9. The van der Waals surface area contributed by atoms with Gasteiger partial charge in [0.25, 0.3) is 10.1 Å². The molecule has 80 heavy (non-hydrogen) atoms. The lowest BCUT2D eigenvalue weighted by molar-refractivity contribution is -0.907. The number of rotatable bonds is 32. The average molecular weight is 1150 g/mol. The molecule has 2 aromatic heterocycles. The fraction of sp³-hybridized carbons (Fsp3) is 0.407. The first-order valence-electron chi connectivity index (χ1n) is 26.1. The Morgan fingerprint density at radius 3 is 1.32 bits per heavy atom. The van der Waals surface area contributed by atoms with Crippen LogP contribution in [0.3, 0.4) is 0 Å². The average Bonchev–Trinajstić information content (AvgIpc) is 3.37. The summed E-state index contributed by atoms with van der Waals surface area (Å²) in [4.78, 5) is 27.7. The summed E-state index contributed by atoms with van der Waals surface area (Å²) in [6.07, 6.45) is 3.75. The van der Waals surface area contributed by atoms with Crippen molar-refractivity contribution in [3.05, 3.63) is 108 Å². The molecule has 10 N–H and O–H groups in total. The molecule has 26 heteroatoms. The number of hydrogen-bond acceptors (Lipinski definition) is 20.